The molecule has 0 aromatic carbocycles. The number of hydrogen-bond acceptors (Lipinski definition) is 1. The fraction of sp³-hybridized carbons (Fsp3) is 0.688. The summed E-state index contributed by atoms with van der Waals surface area (Å²) in [7, 11) is 0. The third-order valence-corrected chi connectivity index (χ3v) is 2.81. The van der Waals surface area contributed by atoms with Crippen molar-refractivity contribution in [2.45, 2.75) is 73.1 Å². The van der Waals surface area contributed by atoms with Crippen LogP contribution in [0.5, 0.6) is 0 Å². The predicted molar refractivity (Wildman–Crippen MR) is 77.9 cm³/mol. The number of pyridine rings is 1. The first-order valence-electron chi connectivity index (χ1n) is 6.93. The van der Waals surface area contributed by atoms with Crippen molar-refractivity contribution in [2.24, 2.45) is 0 Å². The Morgan fingerprint density at radius 2 is 1.35 bits per heavy atom. The molecular formula is C16H29N. The largest absolute Gasteiger partial charge is 0.260 e. The normalized spacial score (nSPS) is 10.8. The van der Waals surface area contributed by atoms with E-state index in [1.54, 1.807) is 0 Å². The van der Waals surface area contributed by atoms with Gasteiger partial charge < -0.3 is 0 Å². The van der Waals surface area contributed by atoms with Gasteiger partial charge in [-0.05, 0) is 28.9 Å². The van der Waals surface area contributed by atoms with Gasteiger partial charge in [0.25, 0.3) is 0 Å². The summed E-state index contributed by atoms with van der Waals surface area (Å²) in [5.74, 6) is 1.65. The zero-order valence-electron chi connectivity index (χ0n) is 12.8. The zero-order chi connectivity index (χ0) is 13.6. The first kappa shape index (κ1) is 16.1. The molecule has 1 aromatic heterocycles. The number of aromatic nitrogens is 1. The highest BCUT2D eigenvalue weighted by molar-refractivity contribution is 5.31. The van der Waals surface area contributed by atoms with E-state index in [4.69, 9.17) is 0 Å². The molecule has 0 amide bonds. The van der Waals surface area contributed by atoms with Crippen LogP contribution < -0.4 is 0 Å². The van der Waals surface area contributed by atoms with Crippen molar-refractivity contribution in [3.05, 3.63) is 29.1 Å². The minimum absolute atomic E-state index is 0.517. The van der Waals surface area contributed by atoms with Crippen molar-refractivity contribution >= 4 is 0 Å². The molecule has 0 aliphatic carbocycles. The molecule has 0 aliphatic rings. The highest BCUT2D eigenvalue weighted by atomic mass is 14.7. The molecular weight excluding hydrogens is 206 g/mol. The maximum Gasteiger partial charge on any atom is 0.0463 e. The highest BCUT2D eigenvalue weighted by Crippen LogP contribution is 2.27. The Balaban J connectivity index is 0.00000121. The van der Waals surface area contributed by atoms with Crippen LogP contribution in [-0.2, 0) is 0 Å². The van der Waals surface area contributed by atoms with E-state index in [0.717, 1.165) is 0 Å². The number of nitrogens with zero attached hydrogens (tertiary/aromatic N) is 1. The monoisotopic (exact) mass is 235 g/mol. The molecule has 0 atom stereocenters. The Hall–Kier alpha value is -0.850. The van der Waals surface area contributed by atoms with Crippen molar-refractivity contribution in [3.8, 4) is 0 Å². The van der Waals surface area contributed by atoms with Gasteiger partial charge >= 0.3 is 0 Å². The summed E-state index contributed by atoms with van der Waals surface area (Å²) in [4.78, 5) is 4.62. The smallest absolute Gasteiger partial charge is 0.0463 e. The van der Waals surface area contributed by atoms with Crippen LogP contribution in [0.25, 0.3) is 0 Å². The quantitative estimate of drug-likeness (QED) is 0.676. The first-order valence-corrected chi connectivity index (χ1v) is 6.93. The third-order valence-electron chi connectivity index (χ3n) is 2.81. The topological polar surface area (TPSA) is 12.9 Å². The van der Waals surface area contributed by atoms with Crippen LogP contribution in [0, 0.1) is 0 Å². The lowest BCUT2D eigenvalue weighted by molar-refractivity contribution is 0.743. The molecule has 0 spiro atoms. The fourth-order valence-corrected chi connectivity index (χ4v) is 1.77. The van der Waals surface area contributed by atoms with Crippen molar-refractivity contribution in [1.82, 2.24) is 4.98 Å². The van der Waals surface area contributed by atoms with Crippen molar-refractivity contribution < 1.29 is 0 Å². The summed E-state index contributed by atoms with van der Waals surface area (Å²) in [5.41, 5.74) is 4.02. The van der Waals surface area contributed by atoms with Gasteiger partial charge in [-0.15, -0.1) is 0 Å². The molecule has 1 heteroatoms. The van der Waals surface area contributed by atoms with Crippen LogP contribution in [0.2, 0.25) is 0 Å². The van der Waals surface area contributed by atoms with Gasteiger partial charge in [-0.2, -0.15) is 0 Å². The molecule has 0 N–H and O–H groups in total. The summed E-state index contributed by atoms with van der Waals surface area (Å²) in [6, 6.07) is 2.33. The van der Waals surface area contributed by atoms with E-state index in [0.29, 0.717) is 17.8 Å². The van der Waals surface area contributed by atoms with Crippen LogP contribution in [-0.4, -0.2) is 4.98 Å². The van der Waals surface area contributed by atoms with Gasteiger partial charge in [0.1, 0.15) is 0 Å². The highest BCUT2D eigenvalue weighted by Gasteiger charge is 2.13. The molecule has 0 fully saturated rings. The fourth-order valence-electron chi connectivity index (χ4n) is 1.77. The average Bonchev–Trinajstić information content (AvgIpc) is 2.30. The molecule has 1 rings (SSSR count). The zero-order valence-corrected chi connectivity index (χ0v) is 12.8. The van der Waals surface area contributed by atoms with Gasteiger partial charge in [-0.3, -0.25) is 4.98 Å². The van der Waals surface area contributed by atoms with Crippen LogP contribution >= 0.6 is 0 Å². The van der Waals surface area contributed by atoms with Gasteiger partial charge in [0, 0.05) is 11.9 Å². The van der Waals surface area contributed by atoms with E-state index in [1.807, 2.05) is 20.0 Å². The van der Waals surface area contributed by atoms with Gasteiger partial charge in [-0.25, -0.2) is 0 Å². The summed E-state index contributed by atoms with van der Waals surface area (Å²) < 4.78 is 0. The van der Waals surface area contributed by atoms with E-state index < -0.39 is 0 Å². The van der Waals surface area contributed by atoms with Crippen molar-refractivity contribution in [3.63, 3.8) is 0 Å². The second-order valence-corrected chi connectivity index (χ2v) is 5.21. The Kier molecular flexibility index (Phi) is 7.10. The van der Waals surface area contributed by atoms with Crippen LogP contribution in [0.15, 0.2) is 12.3 Å². The molecule has 0 aliphatic heterocycles. The molecule has 0 unspecified atom stereocenters. The average molecular weight is 235 g/mol. The molecule has 98 valence electrons. The maximum atomic E-state index is 4.62. The standard InChI is InChI=1S/C14H23N.C2H6/c1-9(2)12-7-13(10(3)4)14(11(5)6)15-8-12;1-2/h7-11H,1-6H3;1-2H3. The molecule has 0 bridgehead atoms. The van der Waals surface area contributed by atoms with E-state index in [2.05, 4.69) is 52.6 Å². The van der Waals surface area contributed by atoms with E-state index in [-0.39, 0.29) is 0 Å². The molecule has 0 radical (unpaired) electrons. The number of hydrogen-bond donors (Lipinski definition) is 0. The lowest BCUT2D eigenvalue weighted by Crippen LogP contribution is -2.04. The molecule has 17 heavy (non-hydrogen) atoms. The summed E-state index contributed by atoms with van der Waals surface area (Å²) in [6.45, 7) is 17.3. The Morgan fingerprint density at radius 1 is 0.824 bits per heavy atom. The van der Waals surface area contributed by atoms with Gasteiger partial charge in [0.15, 0.2) is 0 Å². The Morgan fingerprint density at radius 3 is 1.71 bits per heavy atom. The minimum Gasteiger partial charge on any atom is -0.260 e. The molecule has 1 aromatic rings. The molecule has 1 nitrogen and oxygen atoms in total. The van der Waals surface area contributed by atoms with E-state index >= 15 is 0 Å². The second-order valence-electron chi connectivity index (χ2n) is 5.21. The van der Waals surface area contributed by atoms with Gasteiger partial charge in [-0.1, -0.05) is 61.5 Å². The third kappa shape index (κ3) is 4.49. The van der Waals surface area contributed by atoms with Gasteiger partial charge in [0.2, 0.25) is 0 Å². The Labute approximate surface area is 108 Å². The molecule has 1 heterocycles. The minimum atomic E-state index is 0.517. The van der Waals surface area contributed by atoms with Crippen LogP contribution in [0.3, 0.4) is 0 Å². The van der Waals surface area contributed by atoms with E-state index in [1.165, 1.54) is 16.8 Å². The van der Waals surface area contributed by atoms with Gasteiger partial charge in [0.05, 0.1) is 0 Å². The predicted octanol–water partition coefficient (Wildman–Crippen LogP) is 5.48. The molecule has 0 saturated carbocycles. The lowest BCUT2D eigenvalue weighted by atomic mass is 9.92. The van der Waals surface area contributed by atoms with E-state index in [9.17, 15) is 0 Å². The SMILES string of the molecule is CC.CC(C)c1cnc(C(C)C)c(C(C)C)c1. The number of rotatable bonds is 3. The van der Waals surface area contributed by atoms with Crippen molar-refractivity contribution in [2.75, 3.05) is 0 Å². The summed E-state index contributed by atoms with van der Waals surface area (Å²) in [5, 5.41) is 0. The van der Waals surface area contributed by atoms with Crippen molar-refractivity contribution in [1.29, 1.82) is 0 Å². The lowest BCUT2D eigenvalue weighted by Gasteiger charge is -2.17. The van der Waals surface area contributed by atoms with Crippen LogP contribution in [0.4, 0.5) is 0 Å². The maximum absolute atomic E-state index is 4.62. The Bertz CT molecular complexity index is 324. The second kappa shape index (κ2) is 7.47. The summed E-state index contributed by atoms with van der Waals surface area (Å²) in [6.07, 6.45) is 2.03. The first-order chi connectivity index (χ1) is 7.93. The summed E-state index contributed by atoms with van der Waals surface area (Å²) >= 11 is 0. The van der Waals surface area contributed by atoms with Crippen LogP contribution in [0.1, 0.15) is 90.0 Å². The molecule has 0 saturated heterocycles.